The van der Waals surface area contributed by atoms with Crippen molar-refractivity contribution in [3.05, 3.63) is 0 Å². The second kappa shape index (κ2) is 3.51. The molecule has 0 aromatic carbocycles. The standard InChI is InChI=1S/C10H17NO3/c1-2-11-5-8(9(12)13)10(6-11)3-4-14-7-10/h8H,2-7H2,1H3,(H,12,13). The summed E-state index contributed by atoms with van der Waals surface area (Å²) < 4.78 is 5.37. The van der Waals surface area contributed by atoms with Gasteiger partial charge in [-0.2, -0.15) is 0 Å². The van der Waals surface area contributed by atoms with E-state index in [1.54, 1.807) is 0 Å². The van der Waals surface area contributed by atoms with Gasteiger partial charge in [-0.25, -0.2) is 0 Å². The van der Waals surface area contributed by atoms with Crippen LogP contribution < -0.4 is 0 Å². The fourth-order valence-electron chi connectivity index (χ4n) is 2.68. The van der Waals surface area contributed by atoms with Crippen molar-refractivity contribution in [2.24, 2.45) is 11.3 Å². The number of carbonyl (C=O) groups is 1. The molecule has 0 aliphatic carbocycles. The molecule has 4 heteroatoms. The lowest BCUT2D eigenvalue weighted by Gasteiger charge is -2.25. The summed E-state index contributed by atoms with van der Waals surface area (Å²) in [5, 5.41) is 9.17. The molecule has 80 valence electrons. The van der Waals surface area contributed by atoms with E-state index >= 15 is 0 Å². The maximum atomic E-state index is 11.1. The lowest BCUT2D eigenvalue weighted by Crippen LogP contribution is -2.35. The zero-order chi connectivity index (χ0) is 10.2. The minimum absolute atomic E-state index is 0.0954. The van der Waals surface area contributed by atoms with E-state index in [0.29, 0.717) is 13.2 Å². The Morgan fingerprint density at radius 1 is 1.71 bits per heavy atom. The molecular weight excluding hydrogens is 182 g/mol. The van der Waals surface area contributed by atoms with Gasteiger partial charge in [-0.05, 0) is 13.0 Å². The number of rotatable bonds is 2. The second-order valence-electron chi connectivity index (χ2n) is 4.38. The van der Waals surface area contributed by atoms with Crippen molar-refractivity contribution in [1.29, 1.82) is 0 Å². The Kier molecular flexibility index (Phi) is 2.49. The lowest BCUT2D eigenvalue weighted by molar-refractivity contribution is -0.144. The number of hydrogen-bond acceptors (Lipinski definition) is 3. The predicted octanol–water partition coefficient (Wildman–Crippen LogP) is 0.429. The summed E-state index contributed by atoms with van der Waals surface area (Å²) in [6, 6.07) is 0. The number of ether oxygens (including phenoxy) is 1. The van der Waals surface area contributed by atoms with E-state index in [1.807, 2.05) is 0 Å². The molecule has 14 heavy (non-hydrogen) atoms. The van der Waals surface area contributed by atoms with Crippen LogP contribution in [-0.2, 0) is 9.53 Å². The molecule has 1 N–H and O–H groups in total. The van der Waals surface area contributed by atoms with Crippen LogP contribution in [0.5, 0.6) is 0 Å². The van der Waals surface area contributed by atoms with E-state index in [4.69, 9.17) is 9.84 Å². The van der Waals surface area contributed by atoms with Gasteiger partial charge < -0.3 is 14.7 Å². The predicted molar refractivity (Wildman–Crippen MR) is 51.1 cm³/mol. The molecule has 0 saturated carbocycles. The SMILES string of the molecule is CCN1CC(C(=O)O)C2(CCOC2)C1. The molecule has 1 spiro atoms. The highest BCUT2D eigenvalue weighted by atomic mass is 16.5. The van der Waals surface area contributed by atoms with Gasteiger partial charge in [0.05, 0.1) is 12.5 Å². The second-order valence-corrected chi connectivity index (χ2v) is 4.38. The van der Waals surface area contributed by atoms with Gasteiger partial charge in [0.1, 0.15) is 0 Å². The van der Waals surface area contributed by atoms with Gasteiger partial charge in [0.15, 0.2) is 0 Å². The van der Waals surface area contributed by atoms with Crippen molar-refractivity contribution >= 4 is 5.97 Å². The molecule has 2 aliphatic heterocycles. The molecular formula is C10H17NO3. The molecule has 2 saturated heterocycles. The van der Waals surface area contributed by atoms with Crippen LogP contribution in [0.25, 0.3) is 0 Å². The number of aliphatic carboxylic acids is 1. The fraction of sp³-hybridized carbons (Fsp3) is 0.900. The Balaban J connectivity index is 2.17. The number of nitrogens with zero attached hydrogens (tertiary/aromatic N) is 1. The molecule has 2 unspecified atom stereocenters. The molecule has 0 aromatic rings. The number of hydrogen-bond donors (Lipinski definition) is 1. The van der Waals surface area contributed by atoms with Crippen molar-refractivity contribution in [1.82, 2.24) is 4.90 Å². The first kappa shape index (κ1) is 9.93. The van der Waals surface area contributed by atoms with Crippen molar-refractivity contribution in [3.8, 4) is 0 Å². The highest BCUT2D eigenvalue weighted by Crippen LogP contribution is 2.42. The maximum Gasteiger partial charge on any atom is 0.308 e. The molecule has 2 atom stereocenters. The first-order valence-corrected chi connectivity index (χ1v) is 5.21. The summed E-state index contributed by atoms with van der Waals surface area (Å²) in [7, 11) is 0. The zero-order valence-electron chi connectivity index (χ0n) is 8.53. The summed E-state index contributed by atoms with van der Waals surface area (Å²) >= 11 is 0. The zero-order valence-corrected chi connectivity index (χ0v) is 8.53. The minimum Gasteiger partial charge on any atom is -0.481 e. The van der Waals surface area contributed by atoms with Gasteiger partial charge in [0, 0.05) is 25.1 Å². The number of carboxylic acid groups (broad SMARTS) is 1. The van der Waals surface area contributed by atoms with Gasteiger partial charge >= 0.3 is 5.97 Å². The van der Waals surface area contributed by atoms with E-state index < -0.39 is 5.97 Å². The molecule has 0 aromatic heterocycles. The molecule has 2 fully saturated rings. The van der Waals surface area contributed by atoms with Gasteiger partial charge in [-0.15, -0.1) is 0 Å². The monoisotopic (exact) mass is 199 g/mol. The molecule has 0 amide bonds. The Morgan fingerprint density at radius 2 is 2.50 bits per heavy atom. The normalized spacial score (nSPS) is 38.2. The summed E-state index contributed by atoms with van der Waals surface area (Å²) in [6.07, 6.45) is 0.903. The smallest absolute Gasteiger partial charge is 0.308 e. The quantitative estimate of drug-likeness (QED) is 0.700. The maximum absolute atomic E-state index is 11.1. The first-order chi connectivity index (χ1) is 6.68. The van der Waals surface area contributed by atoms with Crippen LogP contribution in [0.3, 0.4) is 0 Å². The number of likely N-dealkylation sites (tertiary alicyclic amines) is 1. The summed E-state index contributed by atoms with van der Waals surface area (Å²) in [4.78, 5) is 13.4. The average molecular weight is 199 g/mol. The Morgan fingerprint density at radius 3 is 3.00 bits per heavy atom. The van der Waals surface area contributed by atoms with Crippen LogP contribution in [-0.4, -0.2) is 48.8 Å². The van der Waals surface area contributed by atoms with Crippen molar-refractivity contribution in [2.75, 3.05) is 32.8 Å². The van der Waals surface area contributed by atoms with Gasteiger partial charge in [-0.3, -0.25) is 4.79 Å². The molecule has 0 bridgehead atoms. The fourth-order valence-corrected chi connectivity index (χ4v) is 2.68. The largest absolute Gasteiger partial charge is 0.481 e. The molecule has 2 aliphatic rings. The van der Waals surface area contributed by atoms with Crippen LogP contribution in [0, 0.1) is 11.3 Å². The van der Waals surface area contributed by atoms with E-state index in [9.17, 15) is 4.79 Å². The third kappa shape index (κ3) is 1.42. The molecule has 0 radical (unpaired) electrons. The molecule has 2 heterocycles. The van der Waals surface area contributed by atoms with Crippen LogP contribution in [0.1, 0.15) is 13.3 Å². The Labute approximate surface area is 83.8 Å². The summed E-state index contributed by atoms with van der Waals surface area (Å²) in [6.45, 7) is 5.94. The van der Waals surface area contributed by atoms with E-state index in [2.05, 4.69) is 11.8 Å². The third-order valence-corrected chi connectivity index (χ3v) is 3.60. The number of carboxylic acids is 1. The Bertz CT molecular complexity index is 236. The average Bonchev–Trinajstić information content (AvgIpc) is 2.74. The third-order valence-electron chi connectivity index (χ3n) is 3.60. The van der Waals surface area contributed by atoms with Crippen LogP contribution in [0.4, 0.5) is 0 Å². The van der Waals surface area contributed by atoms with Crippen molar-refractivity contribution in [2.45, 2.75) is 13.3 Å². The summed E-state index contributed by atoms with van der Waals surface area (Å²) in [5.74, 6) is -0.892. The highest BCUT2D eigenvalue weighted by molar-refractivity contribution is 5.72. The van der Waals surface area contributed by atoms with E-state index in [0.717, 1.165) is 26.1 Å². The van der Waals surface area contributed by atoms with Gasteiger partial charge in [0.25, 0.3) is 0 Å². The molecule has 2 rings (SSSR count). The highest BCUT2D eigenvalue weighted by Gasteiger charge is 2.51. The van der Waals surface area contributed by atoms with Crippen LogP contribution in [0.15, 0.2) is 0 Å². The van der Waals surface area contributed by atoms with Gasteiger partial charge in [-0.1, -0.05) is 6.92 Å². The van der Waals surface area contributed by atoms with E-state index in [-0.39, 0.29) is 11.3 Å². The van der Waals surface area contributed by atoms with E-state index in [1.165, 1.54) is 0 Å². The lowest BCUT2D eigenvalue weighted by atomic mass is 9.77. The van der Waals surface area contributed by atoms with Crippen molar-refractivity contribution < 1.29 is 14.6 Å². The Hall–Kier alpha value is -0.610. The van der Waals surface area contributed by atoms with Crippen molar-refractivity contribution in [3.63, 3.8) is 0 Å². The topological polar surface area (TPSA) is 49.8 Å². The van der Waals surface area contributed by atoms with Crippen LogP contribution >= 0.6 is 0 Å². The summed E-state index contributed by atoms with van der Waals surface area (Å²) in [5.41, 5.74) is -0.0954. The van der Waals surface area contributed by atoms with Gasteiger partial charge in [0.2, 0.25) is 0 Å². The first-order valence-electron chi connectivity index (χ1n) is 5.21. The van der Waals surface area contributed by atoms with Crippen LogP contribution in [0.2, 0.25) is 0 Å². The molecule has 4 nitrogen and oxygen atoms in total. The minimum atomic E-state index is -0.661.